The van der Waals surface area contributed by atoms with Crippen LogP contribution in [0.5, 0.6) is 0 Å². The maximum absolute atomic E-state index is 13.2. The summed E-state index contributed by atoms with van der Waals surface area (Å²) in [5, 5.41) is 13.9. The van der Waals surface area contributed by atoms with Gasteiger partial charge in [0.05, 0.1) is 9.82 Å². The molecule has 0 saturated heterocycles. The van der Waals surface area contributed by atoms with Gasteiger partial charge in [0.1, 0.15) is 5.56 Å². The number of nitrogens with zero attached hydrogens (tertiary/aromatic N) is 1. The molecular weight excluding hydrogens is 449 g/mol. The summed E-state index contributed by atoms with van der Waals surface area (Å²) in [6.07, 6.45) is -2.59. The number of hydrogen-bond acceptors (Lipinski definition) is 5. The van der Waals surface area contributed by atoms with Gasteiger partial charge in [-0.25, -0.2) is 0 Å². The van der Waals surface area contributed by atoms with E-state index in [1.54, 1.807) is 13.0 Å². The summed E-state index contributed by atoms with van der Waals surface area (Å²) in [7, 11) is -4.39. The molecule has 0 radical (unpaired) electrons. The summed E-state index contributed by atoms with van der Waals surface area (Å²) in [4.78, 5) is 9.74. The summed E-state index contributed by atoms with van der Waals surface area (Å²) >= 11 is 0. The Bertz CT molecular complexity index is 1140. The minimum absolute atomic E-state index is 0.109. The third kappa shape index (κ3) is 5.04. The van der Waals surface area contributed by atoms with Gasteiger partial charge in [-0.05, 0) is 80.3 Å². The number of halogens is 3. The fraction of sp³-hybridized carbons (Fsp3) is 0.429. The third-order valence-electron chi connectivity index (χ3n) is 6.03. The Morgan fingerprint density at radius 3 is 2.25 bits per heavy atom. The number of nitrogens with one attached hydrogen (secondary N) is 1. The van der Waals surface area contributed by atoms with E-state index < -0.39 is 32.5 Å². The van der Waals surface area contributed by atoms with E-state index in [-0.39, 0.29) is 22.5 Å². The average Bonchev–Trinajstić information content (AvgIpc) is 2.69. The van der Waals surface area contributed by atoms with Gasteiger partial charge >= 0.3 is 6.18 Å². The van der Waals surface area contributed by atoms with Gasteiger partial charge in [0.25, 0.3) is 15.8 Å². The van der Waals surface area contributed by atoms with Crippen LogP contribution in [0.3, 0.4) is 0 Å². The van der Waals surface area contributed by atoms with Gasteiger partial charge < -0.3 is 5.32 Å². The topological polar surface area (TPSA) is 110 Å². The fourth-order valence-corrected chi connectivity index (χ4v) is 5.16. The van der Waals surface area contributed by atoms with Gasteiger partial charge in [-0.15, -0.1) is 0 Å². The molecule has 7 nitrogen and oxygen atoms in total. The summed E-state index contributed by atoms with van der Waals surface area (Å²) in [6.45, 7) is 3.66. The van der Waals surface area contributed by atoms with Crippen LogP contribution >= 0.6 is 0 Å². The Morgan fingerprint density at radius 2 is 1.72 bits per heavy atom. The SMILES string of the molecule is Cc1ccc(S(=O)(=O)O)c(C2CCC(Nc3ccc([N+](=O)[O-])c(C(F)(F)F)c3)CC2)c1C. The van der Waals surface area contributed by atoms with Gasteiger partial charge in [-0.1, -0.05) is 6.07 Å². The van der Waals surface area contributed by atoms with E-state index in [2.05, 4.69) is 5.32 Å². The monoisotopic (exact) mass is 472 g/mol. The van der Waals surface area contributed by atoms with E-state index in [1.165, 1.54) is 12.1 Å². The molecule has 0 aliphatic heterocycles. The predicted octanol–water partition coefficient (Wildman–Crippen LogP) is 5.62. The molecule has 1 fully saturated rings. The molecule has 32 heavy (non-hydrogen) atoms. The van der Waals surface area contributed by atoms with Crippen LogP contribution in [0.25, 0.3) is 0 Å². The number of aryl methyl sites for hydroxylation is 1. The van der Waals surface area contributed by atoms with Crippen molar-refractivity contribution < 1.29 is 31.1 Å². The van der Waals surface area contributed by atoms with E-state index in [0.717, 1.165) is 23.3 Å². The Balaban J connectivity index is 1.79. The zero-order valence-electron chi connectivity index (χ0n) is 17.4. The number of nitro benzene ring substituents is 1. The second-order valence-electron chi connectivity index (χ2n) is 8.07. The number of rotatable bonds is 5. The summed E-state index contributed by atoms with van der Waals surface area (Å²) < 4.78 is 73.0. The van der Waals surface area contributed by atoms with Crippen molar-refractivity contribution in [2.45, 2.75) is 62.6 Å². The maximum atomic E-state index is 13.2. The lowest BCUT2D eigenvalue weighted by atomic mass is 9.79. The first-order valence-electron chi connectivity index (χ1n) is 9.98. The second kappa shape index (κ2) is 8.70. The largest absolute Gasteiger partial charge is 0.423 e. The molecule has 2 aromatic rings. The van der Waals surface area contributed by atoms with Crippen LogP contribution in [0.2, 0.25) is 0 Å². The van der Waals surface area contributed by atoms with Crippen molar-refractivity contribution >= 4 is 21.5 Å². The first kappa shape index (κ1) is 24.0. The van der Waals surface area contributed by atoms with Crippen molar-refractivity contribution in [1.29, 1.82) is 0 Å². The van der Waals surface area contributed by atoms with Gasteiger partial charge in [-0.3, -0.25) is 14.7 Å². The zero-order valence-corrected chi connectivity index (χ0v) is 18.3. The van der Waals surface area contributed by atoms with E-state index in [4.69, 9.17) is 0 Å². The van der Waals surface area contributed by atoms with Crippen molar-refractivity contribution in [3.63, 3.8) is 0 Å². The molecule has 2 aromatic carbocycles. The summed E-state index contributed by atoms with van der Waals surface area (Å²) in [6, 6.07) is 5.69. The molecule has 0 aromatic heterocycles. The highest BCUT2D eigenvalue weighted by Gasteiger charge is 2.38. The van der Waals surface area contributed by atoms with Crippen molar-refractivity contribution in [3.8, 4) is 0 Å². The predicted molar refractivity (Wildman–Crippen MR) is 112 cm³/mol. The number of benzene rings is 2. The fourth-order valence-electron chi connectivity index (χ4n) is 4.32. The molecule has 174 valence electrons. The molecule has 0 bridgehead atoms. The van der Waals surface area contributed by atoms with Crippen molar-refractivity contribution in [2.24, 2.45) is 0 Å². The molecule has 0 unspecified atom stereocenters. The zero-order chi connectivity index (χ0) is 23.8. The standard InChI is InChI=1S/C21H23F3N2O5S/c1-12-3-10-19(32(29,30)31)20(13(12)2)14-4-6-15(7-5-14)25-16-8-9-18(26(27)28)17(11-16)21(22,23)24/h3,8-11,14-15,25H,4-7H2,1-2H3,(H,29,30,31). The average molecular weight is 472 g/mol. The van der Waals surface area contributed by atoms with E-state index in [1.807, 2.05) is 6.92 Å². The summed E-state index contributed by atoms with van der Waals surface area (Å²) in [5.74, 6) is -0.118. The Hall–Kier alpha value is -2.66. The minimum atomic E-state index is -4.85. The second-order valence-corrected chi connectivity index (χ2v) is 9.46. The van der Waals surface area contributed by atoms with Crippen molar-refractivity contribution in [2.75, 3.05) is 5.32 Å². The van der Waals surface area contributed by atoms with Crippen LogP contribution in [0.15, 0.2) is 35.2 Å². The molecule has 0 amide bonds. The molecule has 1 aliphatic rings. The van der Waals surface area contributed by atoms with Gasteiger partial charge in [0.15, 0.2) is 0 Å². The minimum Gasteiger partial charge on any atom is -0.382 e. The number of alkyl halides is 3. The third-order valence-corrected chi connectivity index (χ3v) is 6.94. The van der Waals surface area contributed by atoms with Crippen LogP contribution in [0, 0.1) is 24.0 Å². The van der Waals surface area contributed by atoms with Crippen LogP contribution in [-0.2, 0) is 16.3 Å². The Morgan fingerprint density at radius 1 is 1.09 bits per heavy atom. The molecule has 3 rings (SSSR count). The molecular formula is C21H23F3N2O5S. The highest BCUT2D eigenvalue weighted by atomic mass is 32.2. The molecule has 0 atom stereocenters. The van der Waals surface area contributed by atoms with Gasteiger partial charge in [0, 0.05) is 17.8 Å². The molecule has 0 spiro atoms. The number of nitro groups is 1. The normalized spacial score (nSPS) is 19.6. The molecule has 2 N–H and O–H groups in total. The lowest BCUT2D eigenvalue weighted by Crippen LogP contribution is -2.26. The van der Waals surface area contributed by atoms with Crippen LogP contribution in [-0.4, -0.2) is 23.9 Å². The van der Waals surface area contributed by atoms with Crippen molar-refractivity contribution in [1.82, 2.24) is 0 Å². The van der Waals surface area contributed by atoms with E-state index >= 15 is 0 Å². The summed E-state index contributed by atoms with van der Waals surface area (Å²) in [5.41, 5.74) is 0.103. The lowest BCUT2D eigenvalue weighted by molar-refractivity contribution is -0.388. The number of anilines is 1. The smallest absolute Gasteiger partial charge is 0.382 e. The van der Waals surface area contributed by atoms with Crippen LogP contribution in [0.1, 0.15) is 53.9 Å². The Labute approximate surface area is 183 Å². The molecule has 0 heterocycles. The quantitative estimate of drug-likeness (QED) is 0.332. The first-order valence-corrected chi connectivity index (χ1v) is 11.4. The highest BCUT2D eigenvalue weighted by molar-refractivity contribution is 7.85. The molecule has 11 heteroatoms. The highest BCUT2D eigenvalue weighted by Crippen LogP contribution is 2.41. The van der Waals surface area contributed by atoms with Crippen LogP contribution < -0.4 is 5.32 Å². The lowest BCUT2D eigenvalue weighted by Gasteiger charge is -2.32. The number of hydrogen-bond donors (Lipinski definition) is 2. The maximum Gasteiger partial charge on any atom is 0.423 e. The van der Waals surface area contributed by atoms with E-state index in [0.29, 0.717) is 31.2 Å². The van der Waals surface area contributed by atoms with Crippen LogP contribution in [0.4, 0.5) is 24.5 Å². The van der Waals surface area contributed by atoms with Gasteiger partial charge in [0.2, 0.25) is 0 Å². The van der Waals surface area contributed by atoms with Crippen molar-refractivity contribution in [3.05, 3.63) is 62.7 Å². The van der Waals surface area contributed by atoms with Gasteiger partial charge in [-0.2, -0.15) is 21.6 Å². The molecule has 1 aliphatic carbocycles. The first-order chi connectivity index (χ1) is 14.8. The Kier molecular flexibility index (Phi) is 6.52. The molecule has 1 saturated carbocycles. The van der Waals surface area contributed by atoms with E-state index in [9.17, 15) is 36.3 Å².